The van der Waals surface area contributed by atoms with Crippen molar-refractivity contribution in [2.75, 3.05) is 32.8 Å². The highest BCUT2D eigenvalue weighted by atomic mass is 16.5. The van der Waals surface area contributed by atoms with Gasteiger partial charge in [-0.05, 0) is 36.6 Å². The van der Waals surface area contributed by atoms with Gasteiger partial charge in [-0.2, -0.15) is 0 Å². The summed E-state index contributed by atoms with van der Waals surface area (Å²) in [5, 5.41) is 12.7. The second-order valence-electron chi connectivity index (χ2n) is 10.2. The topological polar surface area (TPSA) is 99.6 Å². The number of morpholine rings is 1. The van der Waals surface area contributed by atoms with Crippen LogP contribution in [0.4, 0.5) is 0 Å². The van der Waals surface area contributed by atoms with Gasteiger partial charge < -0.3 is 15.2 Å². The molecule has 4 aromatic rings. The van der Waals surface area contributed by atoms with Crippen LogP contribution in [0.5, 0.6) is 0 Å². The second-order valence-corrected chi connectivity index (χ2v) is 10.2. The number of aryl methyl sites for hydroxylation is 1. The van der Waals surface area contributed by atoms with E-state index in [-0.39, 0.29) is 12.7 Å². The van der Waals surface area contributed by atoms with Gasteiger partial charge in [-0.3, -0.25) is 19.2 Å². The number of hydrogen-bond donors (Lipinski definition) is 3. The molecule has 0 bridgehead atoms. The molecule has 5 rings (SSSR count). The number of H-pyrrole nitrogens is 1. The Labute approximate surface area is 233 Å². The van der Waals surface area contributed by atoms with E-state index in [2.05, 4.69) is 88.0 Å². The summed E-state index contributed by atoms with van der Waals surface area (Å²) in [6, 6.07) is 31.3. The molecule has 208 valence electrons. The van der Waals surface area contributed by atoms with Crippen LogP contribution in [0.2, 0.25) is 0 Å². The van der Waals surface area contributed by atoms with Gasteiger partial charge >= 0.3 is 5.69 Å². The number of aromatic nitrogens is 2. The maximum Gasteiger partial charge on any atom is 0.330 e. The summed E-state index contributed by atoms with van der Waals surface area (Å²) in [6.07, 6.45) is 1.31. The van der Waals surface area contributed by atoms with Crippen LogP contribution in [0.1, 0.15) is 34.9 Å². The molecule has 3 aromatic carbocycles. The van der Waals surface area contributed by atoms with Crippen molar-refractivity contribution >= 4 is 0 Å². The smallest absolute Gasteiger partial charge is 0.330 e. The van der Waals surface area contributed by atoms with Crippen molar-refractivity contribution in [3.8, 4) is 0 Å². The molecule has 1 aliphatic heterocycles. The van der Waals surface area contributed by atoms with Gasteiger partial charge in [-0.25, -0.2) is 4.79 Å². The van der Waals surface area contributed by atoms with Crippen molar-refractivity contribution in [2.45, 2.75) is 31.2 Å². The average molecular weight is 541 g/mol. The largest absolute Gasteiger partial charge is 0.396 e. The average Bonchev–Trinajstić information content (AvgIpc) is 2.99. The van der Waals surface area contributed by atoms with Crippen molar-refractivity contribution < 1.29 is 9.84 Å². The fourth-order valence-electron chi connectivity index (χ4n) is 5.71. The quantitative estimate of drug-likeness (QED) is 0.211. The molecule has 3 N–H and O–H groups in total. The number of nitrogens with zero attached hydrogens (tertiary/aromatic N) is 2. The number of rotatable bonds is 10. The summed E-state index contributed by atoms with van der Waals surface area (Å²) in [7, 11) is 0. The molecule has 2 unspecified atom stereocenters. The first-order chi connectivity index (χ1) is 19.5. The van der Waals surface area contributed by atoms with Crippen molar-refractivity contribution in [1.29, 1.82) is 0 Å². The van der Waals surface area contributed by atoms with Crippen LogP contribution < -0.4 is 16.6 Å². The molecule has 1 aliphatic rings. The maximum atomic E-state index is 13.0. The van der Waals surface area contributed by atoms with E-state index >= 15 is 0 Å². The van der Waals surface area contributed by atoms with Crippen molar-refractivity contribution in [2.24, 2.45) is 0 Å². The van der Waals surface area contributed by atoms with Crippen molar-refractivity contribution in [3.63, 3.8) is 0 Å². The van der Waals surface area contributed by atoms with Crippen molar-refractivity contribution in [1.82, 2.24) is 19.8 Å². The number of ether oxygens (including phenoxy) is 1. The highest BCUT2D eigenvalue weighted by Gasteiger charge is 2.46. The minimum atomic E-state index is -0.685. The Morgan fingerprint density at radius 2 is 1.45 bits per heavy atom. The molecule has 0 aliphatic carbocycles. The zero-order valence-electron chi connectivity index (χ0n) is 22.7. The number of nitrogens with one attached hydrogen (secondary N) is 2. The van der Waals surface area contributed by atoms with Crippen molar-refractivity contribution in [3.05, 3.63) is 140 Å². The number of aromatic amines is 1. The summed E-state index contributed by atoms with van der Waals surface area (Å²) in [5.41, 5.74) is 2.16. The van der Waals surface area contributed by atoms with Gasteiger partial charge in [0.1, 0.15) is 0 Å². The number of benzene rings is 3. The number of aliphatic hydroxyl groups excluding tert-OH is 1. The Kier molecular flexibility index (Phi) is 8.72. The molecule has 8 heteroatoms. The fourth-order valence-corrected chi connectivity index (χ4v) is 5.71. The molecule has 2 heterocycles. The van der Waals surface area contributed by atoms with E-state index < -0.39 is 23.0 Å². The SMILES string of the molecule is Cc1cn(C2CN(C(c3ccccc3)(c3ccccc3)c3ccccc3)CC(CNCCCO)O2)c(=O)[nH]c1=O. The minimum absolute atomic E-state index is 0.110. The van der Waals surface area contributed by atoms with Gasteiger partial charge in [0, 0.05) is 38.0 Å². The Morgan fingerprint density at radius 1 is 0.900 bits per heavy atom. The minimum Gasteiger partial charge on any atom is -0.396 e. The summed E-state index contributed by atoms with van der Waals surface area (Å²) >= 11 is 0. The first-order valence-corrected chi connectivity index (χ1v) is 13.7. The molecule has 1 saturated heterocycles. The van der Waals surface area contributed by atoms with Crippen LogP contribution in [0.3, 0.4) is 0 Å². The van der Waals surface area contributed by atoms with E-state index in [1.165, 1.54) is 4.57 Å². The van der Waals surface area contributed by atoms with Crippen LogP contribution in [0, 0.1) is 6.92 Å². The third-order valence-corrected chi connectivity index (χ3v) is 7.54. The first kappa shape index (κ1) is 27.7. The van der Waals surface area contributed by atoms with E-state index in [0.29, 0.717) is 38.2 Å². The molecule has 0 radical (unpaired) electrons. The van der Waals surface area contributed by atoms with Gasteiger partial charge in [0.05, 0.1) is 11.6 Å². The molecular formula is C32H36N4O4. The summed E-state index contributed by atoms with van der Waals surface area (Å²) in [6.45, 7) is 3.97. The van der Waals surface area contributed by atoms with E-state index in [1.807, 2.05) is 18.2 Å². The van der Waals surface area contributed by atoms with Crippen LogP contribution in [-0.4, -0.2) is 58.4 Å². The van der Waals surface area contributed by atoms with Gasteiger partial charge in [-0.15, -0.1) is 0 Å². The van der Waals surface area contributed by atoms with Gasteiger partial charge in [0.15, 0.2) is 6.23 Å². The molecular weight excluding hydrogens is 504 g/mol. The third kappa shape index (κ3) is 5.57. The highest BCUT2D eigenvalue weighted by molar-refractivity contribution is 5.49. The lowest BCUT2D eigenvalue weighted by Crippen LogP contribution is -2.59. The third-order valence-electron chi connectivity index (χ3n) is 7.54. The first-order valence-electron chi connectivity index (χ1n) is 13.7. The van der Waals surface area contributed by atoms with E-state index in [1.54, 1.807) is 13.1 Å². The van der Waals surface area contributed by atoms with Gasteiger partial charge in [0.25, 0.3) is 5.56 Å². The molecule has 2 atom stereocenters. The number of aliphatic hydroxyl groups is 1. The van der Waals surface area contributed by atoms with E-state index in [0.717, 1.165) is 16.7 Å². The monoisotopic (exact) mass is 540 g/mol. The molecule has 1 fully saturated rings. The lowest BCUT2D eigenvalue weighted by Gasteiger charge is -2.50. The Balaban J connectivity index is 1.68. The zero-order valence-corrected chi connectivity index (χ0v) is 22.7. The maximum absolute atomic E-state index is 13.0. The predicted molar refractivity (Wildman–Crippen MR) is 155 cm³/mol. The predicted octanol–water partition coefficient (Wildman–Crippen LogP) is 3.01. The van der Waals surface area contributed by atoms with Crippen LogP contribution in [0.15, 0.2) is 107 Å². The molecule has 8 nitrogen and oxygen atoms in total. The van der Waals surface area contributed by atoms with E-state index in [4.69, 9.17) is 4.74 Å². The van der Waals surface area contributed by atoms with Gasteiger partial charge in [0.2, 0.25) is 0 Å². The summed E-state index contributed by atoms with van der Waals surface area (Å²) in [4.78, 5) is 30.0. The van der Waals surface area contributed by atoms with Crippen LogP contribution in [-0.2, 0) is 10.3 Å². The molecule has 0 spiro atoms. The molecule has 1 aromatic heterocycles. The lowest BCUT2D eigenvalue weighted by molar-refractivity contribution is -0.137. The van der Waals surface area contributed by atoms with Crippen LogP contribution in [0.25, 0.3) is 0 Å². The van der Waals surface area contributed by atoms with Gasteiger partial charge in [-0.1, -0.05) is 91.0 Å². The summed E-state index contributed by atoms with van der Waals surface area (Å²) in [5.74, 6) is 0. The zero-order chi connectivity index (χ0) is 28.0. The Morgan fingerprint density at radius 3 is 1.98 bits per heavy atom. The molecule has 0 saturated carbocycles. The Bertz CT molecular complexity index is 1390. The standard InChI is InChI=1S/C32H36N4O4/c1-24-21-36(31(39)34-30(24)38)29-23-35(22-28(40-29)20-33-18-11-19-37)32(25-12-5-2-6-13-25,26-14-7-3-8-15-26)27-16-9-4-10-17-27/h2-10,12-17,21,28-29,33,37H,11,18-20,22-23H2,1H3,(H,34,38,39). The highest BCUT2D eigenvalue weighted by Crippen LogP contribution is 2.44. The van der Waals surface area contributed by atoms with E-state index in [9.17, 15) is 14.7 Å². The lowest BCUT2D eigenvalue weighted by atomic mass is 9.75. The molecule has 40 heavy (non-hydrogen) atoms. The Hall–Kier alpha value is -3.82. The molecule has 0 amide bonds. The second kappa shape index (κ2) is 12.6. The van der Waals surface area contributed by atoms with Crippen LogP contribution >= 0.6 is 0 Å². The fraction of sp³-hybridized carbons (Fsp3) is 0.312. The number of hydrogen-bond acceptors (Lipinski definition) is 6. The summed E-state index contributed by atoms with van der Waals surface area (Å²) < 4.78 is 8.03. The normalized spacial score (nSPS) is 18.1.